The second-order valence-electron chi connectivity index (χ2n) is 7.57. The first-order valence-corrected chi connectivity index (χ1v) is 8.89. The number of likely N-dealkylation sites (N-methyl/N-ethyl adjacent to an activating group) is 1. The molecule has 3 fully saturated rings. The van der Waals surface area contributed by atoms with Gasteiger partial charge in [-0.1, -0.05) is 60.7 Å². The summed E-state index contributed by atoms with van der Waals surface area (Å²) in [6.07, 6.45) is 2.42. The van der Waals surface area contributed by atoms with E-state index < -0.39 is 0 Å². The molecule has 120 valence electrons. The van der Waals surface area contributed by atoms with E-state index in [1.807, 2.05) is 0 Å². The molecule has 2 heteroatoms. The molecule has 0 spiro atoms. The Kier molecular flexibility index (Phi) is 3.96. The van der Waals surface area contributed by atoms with Crippen LogP contribution in [0.1, 0.15) is 11.1 Å². The van der Waals surface area contributed by atoms with Crippen molar-refractivity contribution >= 4 is 0 Å². The van der Waals surface area contributed by atoms with Crippen LogP contribution in [0, 0.1) is 0 Å². The molecule has 0 amide bonds. The lowest BCUT2D eigenvalue weighted by atomic mass is 9.91. The van der Waals surface area contributed by atoms with E-state index in [0.717, 1.165) is 6.04 Å². The first kappa shape index (κ1) is 14.9. The quantitative estimate of drug-likeness (QED) is 0.785. The second kappa shape index (κ2) is 6.10. The number of benzene rings is 2. The van der Waals surface area contributed by atoms with Crippen molar-refractivity contribution < 1.29 is 4.48 Å². The van der Waals surface area contributed by atoms with Crippen molar-refractivity contribution in [2.45, 2.75) is 24.9 Å². The molecule has 5 rings (SSSR count). The van der Waals surface area contributed by atoms with Crippen LogP contribution in [0.3, 0.4) is 0 Å². The fraction of sp³-hybridized carbons (Fsp3) is 0.429. The Bertz CT molecular complexity index is 639. The minimum absolute atomic E-state index is 0.711. The molecule has 2 unspecified atom stereocenters. The molecule has 2 bridgehead atoms. The third-order valence-electron chi connectivity index (χ3n) is 6.00. The maximum atomic E-state index is 2.75. The molecule has 23 heavy (non-hydrogen) atoms. The number of rotatable bonds is 4. The Labute approximate surface area is 139 Å². The highest BCUT2D eigenvalue weighted by atomic mass is 15.5. The van der Waals surface area contributed by atoms with Crippen LogP contribution in [-0.4, -0.2) is 54.7 Å². The maximum Gasteiger partial charge on any atom is 0.106 e. The number of piperazine rings is 3. The fourth-order valence-corrected chi connectivity index (χ4v) is 4.52. The van der Waals surface area contributed by atoms with Gasteiger partial charge in [0.15, 0.2) is 0 Å². The minimum Gasteiger partial charge on any atom is -0.320 e. The van der Waals surface area contributed by atoms with Crippen LogP contribution in [0.4, 0.5) is 0 Å². The van der Waals surface area contributed by atoms with Crippen LogP contribution >= 0.6 is 0 Å². The summed E-state index contributed by atoms with van der Waals surface area (Å²) >= 11 is 0. The van der Waals surface area contributed by atoms with Crippen molar-refractivity contribution in [3.05, 3.63) is 71.8 Å². The van der Waals surface area contributed by atoms with Gasteiger partial charge in [0, 0.05) is 13.0 Å². The molecule has 0 N–H and O–H groups in total. The van der Waals surface area contributed by atoms with Gasteiger partial charge in [-0.25, -0.2) is 0 Å². The number of fused-ring (bicyclic) bond motifs is 3. The van der Waals surface area contributed by atoms with Crippen molar-refractivity contribution in [1.82, 2.24) is 4.90 Å². The molecule has 3 aliphatic rings. The predicted molar refractivity (Wildman–Crippen MR) is 95.4 cm³/mol. The van der Waals surface area contributed by atoms with Crippen LogP contribution in [0.25, 0.3) is 0 Å². The molecule has 3 heterocycles. The third kappa shape index (κ3) is 3.06. The zero-order valence-electron chi connectivity index (χ0n) is 14.1. The summed E-state index contributed by atoms with van der Waals surface area (Å²) in [4.78, 5) is 2.75. The van der Waals surface area contributed by atoms with Crippen molar-refractivity contribution in [3.8, 4) is 0 Å². The Morgan fingerprint density at radius 2 is 1.52 bits per heavy atom. The number of nitrogens with zero attached hydrogens (tertiary/aromatic N) is 2. The van der Waals surface area contributed by atoms with Crippen LogP contribution < -0.4 is 0 Å². The summed E-state index contributed by atoms with van der Waals surface area (Å²) < 4.78 is 1.25. The molecule has 2 aromatic carbocycles. The molecule has 0 saturated carbocycles. The highest BCUT2D eigenvalue weighted by Gasteiger charge is 2.47. The third-order valence-corrected chi connectivity index (χ3v) is 6.00. The smallest absolute Gasteiger partial charge is 0.106 e. The van der Waals surface area contributed by atoms with Crippen molar-refractivity contribution in [1.29, 1.82) is 0 Å². The van der Waals surface area contributed by atoms with Gasteiger partial charge in [0.2, 0.25) is 0 Å². The van der Waals surface area contributed by atoms with E-state index in [9.17, 15) is 0 Å². The molecular weight excluding hydrogens is 280 g/mol. The topological polar surface area (TPSA) is 3.24 Å². The monoisotopic (exact) mass is 307 g/mol. The molecule has 2 nitrogen and oxygen atoms in total. The van der Waals surface area contributed by atoms with E-state index in [0.29, 0.717) is 6.04 Å². The lowest BCUT2D eigenvalue weighted by Crippen LogP contribution is -2.74. The van der Waals surface area contributed by atoms with Gasteiger partial charge in [-0.2, -0.15) is 0 Å². The van der Waals surface area contributed by atoms with Crippen LogP contribution in [0.5, 0.6) is 0 Å². The van der Waals surface area contributed by atoms with E-state index in [-0.39, 0.29) is 0 Å². The zero-order valence-corrected chi connectivity index (χ0v) is 14.1. The molecule has 4 atom stereocenters. The molecular formula is C21H27N2+. The SMILES string of the molecule is C[N+]12CCN(C[C@@H]1Cc1ccccc1)[C@@H](Cc1ccccc1)C2. The standard InChI is InChI=1S/C21H27N2/c1-23-13-12-22(16-21(23)15-19-10-6-3-7-11-19)20(17-23)14-18-8-4-2-5-9-18/h2-11,20-21H,12-17H2,1H3/q+1/t20-,21-,23?/m0/s1. The van der Waals surface area contributed by atoms with Crippen LogP contribution in [0.2, 0.25) is 0 Å². The minimum atomic E-state index is 0.711. The maximum absolute atomic E-state index is 2.75. The van der Waals surface area contributed by atoms with Gasteiger partial charge in [0.05, 0.1) is 32.7 Å². The summed E-state index contributed by atoms with van der Waals surface area (Å²) in [5.41, 5.74) is 2.97. The number of quaternary nitrogens is 1. The van der Waals surface area contributed by atoms with Crippen molar-refractivity contribution in [2.75, 3.05) is 33.2 Å². The van der Waals surface area contributed by atoms with Gasteiger partial charge in [0.1, 0.15) is 6.04 Å². The van der Waals surface area contributed by atoms with Gasteiger partial charge >= 0.3 is 0 Å². The number of hydrogen-bond donors (Lipinski definition) is 0. The van der Waals surface area contributed by atoms with E-state index in [2.05, 4.69) is 72.6 Å². The van der Waals surface area contributed by atoms with Crippen molar-refractivity contribution in [3.63, 3.8) is 0 Å². The van der Waals surface area contributed by atoms with E-state index in [1.165, 1.54) is 54.6 Å². The summed E-state index contributed by atoms with van der Waals surface area (Å²) in [7, 11) is 2.49. The predicted octanol–water partition coefficient (Wildman–Crippen LogP) is 2.98. The second-order valence-corrected chi connectivity index (χ2v) is 7.57. The Morgan fingerprint density at radius 3 is 2.13 bits per heavy atom. The summed E-state index contributed by atoms with van der Waals surface area (Å²) in [6, 6.07) is 23.5. The Balaban J connectivity index is 1.47. The highest BCUT2D eigenvalue weighted by Crippen LogP contribution is 2.30. The van der Waals surface area contributed by atoms with E-state index >= 15 is 0 Å². The molecule has 3 saturated heterocycles. The molecule has 0 radical (unpaired) electrons. The lowest BCUT2D eigenvalue weighted by molar-refractivity contribution is -0.950. The van der Waals surface area contributed by atoms with Gasteiger partial charge in [0.25, 0.3) is 0 Å². The fourth-order valence-electron chi connectivity index (χ4n) is 4.52. The van der Waals surface area contributed by atoms with Gasteiger partial charge in [-0.15, -0.1) is 0 Å². The highest BCUT2D eigenvalue weighted by molar-refractivity contribution is 5.18. The van der Waals surface area contributed by atoms with Gasteiger partial charge in [-0.05, 0) is 17.5 Å². The first-order chi connectivity index (χ1) is 11.2. The lowest BCUT2D eigenvalue weighted by Gasteiger charge is -2.57. The zero-order chi connectivity index (χ0) is 15.7. The van der Waals surface area contributed by atoms with Crippen LogP contribution in [-0.2, 0) is 12.8 Å². The molecule has 0 aromatic heterocycles. The molecule has 0 aliphatic carbocycles. The van der Waals surface area contributed by atoms with E-state index in [4.69, 9.17) is 0 Å². The largest absolute Gasteiger partial charge is 0.320 e. The summed E-state index contributed by atoms with van der Waals surface area (Å²) in [5, 5.41) is 0. The van der Waals surface area contributed by atoms with Crippen LogP contribution in [0.15, 0.2) is 60.7 Å². The van der Waals surface area contributed by atoms with Gasteiger partial charge in [-0.3, -0.25) is 4.90 Å². The molecule has 2 aromatic rings. The van der Waals surface area contributed by atoms with E-state index in [1.54, 1.807) is 0 Å². The normalized spacial score (nSPS) is 32.8. The average molecular weight is 307 g/mol. The first-order valence-electron chi connectivity index (χ1n) is 8.89. The summed E-state index contributed by atoms with van der Waals surface area (Å²) in [5.74, 6) is 0. The van der Waals surface area contributed by atoms with Crippen molar-refractivity contribution in [2.24, 2.45) is 0 Å². The summed E-state index contributed by atoms with van der Waals surface area (Å²) in [6.45, 7) is 5.12. The van der Waals surface area contributed by atoms with Gasteiger partial charge < -0.3 is 4.48 Å². The average Bonchev–Trinajstić information content (AvgIpc) is 2.58. The molecule has 3 aliphatic heterocycles. The Hall–Kier alpha value is -1.64. The Morgan fingerprint density at radius 1 is 0.913 bits per heavy atom. The number of hydrogen-bond acceptors (Lipinski definition) is 1.